The number of hydrogen-bond acceptors (Lipinski definition) is 6. The van der Waals surface area contributed by atoms with Crippen LogP contribution in [0, 0.1) is 0 Å². The summed E-state index contributed by atoms with van der Waals surface area (Å²) in [6.07, 6.45) is 7.15. The normalized spacial score (nSPS) is 11.9. The second-order valence-electron chi connectivity index (χ2n) is 10.1. The predicted molar refractivity (Wildman–Crippen MR) is 149 cm³/mol. The first-order valence-corrected chi connectivity index (χ1v) is 12.4. The number of amides is 1. The molecule has 0 atom stereocenters. The average molecular weight is 519 g/mol. The minimum atomic E-state index is -0.837. The first-order chi connectivity index (χ1) is 18.6. The molecule has 0 aliphatic rings. The Balaban J connectivity index is 1.50. The van der Waals surface area contributed by atoms with Crippen molar-refractivity contribution in [3.05, 3.63) is 89.4 Å². The lowest BCUT2D eigenvalue weighted by Crippen LogP contribution is -2.35. The zero-order chi connectivity index (χ0) is 27.5. The number of carbonyl (C=O) groups is 1. The third kappa shape index (κ3) is 3.88. The number of aromatic nitrogens is 7. The van der Waals surface area contributed by atoms with E-state index in [9.17, 15) is 9.59 Å². The second-order valence-corrected chi connectivity index (χ2v) is 10.1. The molecule has 5 heterocycles. The van der Waals surface area contributed by atoms with E-state index >= 15 is 0 Å². The van der Waals surface area contributed by atoms with Gasteiger partial charge < -0.3 is 5.73 Å². The Morgan fingerprint density at radius 2 is 1.62 bits per heavy atom. The van der Waals surface area contributed by atoms with Crippen molar-refractivity contribution >= 4 is 28.0 Å². The number of primary amides is 1. The van der Waals surface area contributed by atoms with Crippen molar-refractivity contribution in [1.82, 2.24) is 33.9 Å². The van der Waals surface area contributed by atoms with Gasteiger partial charge in [0.1, 0.15) is 11.0 Å². The van der Waals surface area contributed by atoms with E-state index in [1.807, 2.05) is 61.8 Å². The third-order valence-electron chi connectivity index (χ3n) is 7.25. The second kappa shape index (κ2) is 8.73. The summed E-state index contributed by atoms with van der Waals surface area (Å²) in [7, 11) is 3.58. The van der Waals surface area contributed by atoms with Crippen molar-refractivity contribution in [3.63, 3.8) is 0 Å². The van der Waals surface area contributed by atoms with E-state index in [4.69, 9.17) is 10.7 Å². The van der Waals surface area contributed by atoms with E-state index in [0.717, 1.165) is 22.4 Å². The van der Waals surface area contributed by atoms with Crippen LogP contribution in [0.4, 0.5) is 0 Å². The van der Waals surface area contributed by atoms with Crippen molar-refractivity contribution < 1.29 is 4.79 Å². The summed E-state index contributed by atoms with van der Waals surface area (Å²) in [5.74, 6) is -0.422. The maximum atomic E-state index is 13.4. The predicted octanol–water partition coefficient (Wildman–Crippen LogP) is 3.50. The Labute approximate surface area is 223 Å². The summed E-state index contributed by atoms with van der Waals surface area (Å²) in [5, 5.41) is 4.21. The molecule has 194 valence electrons. The Hall–Kier alpha value is -5.12. The highest BCUT2D eigenvalue weighted by Gasteiger charge is 2.27. The van der Waals surface area contributed by atoms with Crippen molar-refractivity contribution in [1.29, 1.82) is 0 Å². The highest BCUT2D eigenvalue weighted by molar-refractivity contribution is 6.01. The van der Waals surface area contributed by atoms with Gasteiger partial charge in [-0.05, 0) is 55.8 Å². The highest BCUT2D eigenvalue weighted by atomic mass is 16.2. The van der Waals surface area contributed by atoms with Gasteiger partial charge in [0.25, 0.3) is 0 Å². The van der Waals surface area contributed by atoms with Crippen LogP contribution in [0.2, 0.25) is 0 Å². The number of rotatable bonds is 5. The number of nitrogens with two attached hydrogens (primary N) is 1. The quantitative estimate of drug-likeness (QED) is 0.372. The van der Waals surface area contributed by atoms with Crippen LogP contribution in [0.25, 0.3) is 50.3 Å². The van der Waals surface area contributed by atoms with Gasteiger partial charge >= 0.3 is 5.69 Å². The minimum absolute atomic E-state index is 0.226. The molecule has 1 amide bonds. The van der Waals surface area contributed by atoms with Gasteiger partial charge in [-0.3, -0.25) is 28.6 Å². The molecule has 5 aromatic heterocycles. The fraction of sp³-hybridized carbons (Fsp3) is 0.172. The average Bonchev–Trinajstić information content (AvgIpc) is 3.49. The summed E-state index contributed by atoms with van der Waals surface area (Å²) >= 11 is 0. The van der Waals surface area contributed by atoms with E-state index in [1.54, 1.807) is 53.3 Å². The van der Waals surface area contributed by atoms with Crippen molar-refractivity contribution in [2.75, 3.05) is 0 Å². The molecule has 0 unspecified atom stereocenters. The Morgan fingerprint density at radius 3 is 2.26 bits per heavy atom. The van der Waals surface area contributed by atoms with Gasteiger partial charge in [-0.25, -0.2) is 9.78 Å². The van der Waals surface area contributed by atoms with Crippen LogP contribution in [-0.4, -0.2) is 39.8 Å². The molecule has 0 saturated carbocycles. The molecule has 0 radical (unpaired) electrons. The van der Waals surface area contributed by atoms with Crippen LogP contribution < -0.4 is 11.4 Å². The fourth-order valence-corrected chi connectivity index (χ4v) is 4.70. The number of pyridine rings is 3. The first kappa shape index (κ1) is 24.2. The van der Waals surface area contributed by atoms with E-state index in [2.05, 4.69) is 15.1 Å². The molecule has 0 aliphatic heterocycles. The standard InChI is InChI=1S/C29H26N8O2/c1-29(2,27(30)38)19-6-8-20(9-7-19)37-26-24(36(4)28(37)39)15-32-23-12-11-22(34-25(23)26)17-5-10-21(31-13-17)18-14-33-35(3)16-18/h5-16H,1-4H3,(H2,30,38). The molecule has 39 heavy (non-hydrogen) atoms. The first-order valence-electron chi connectivity index (χ1n) is 12.4. The number of benzene rings is 1. The van der Waals surface area contributed by atoms with Crippen LogP contribution >= 0.6 is 0 Å². The molecule has 0 spiro atoms. The lowest BCUT2D eigenvalue weighted by atomic mass is 9.84. The summed E-state index contributed by atoms with van der Waals surface area (Å²) < 4.78 is 4.92. The van der Waals surface area contributed by atoms with Gasteiger partial charge in [-0.1, -0.05) is 12.1 Å². The molecule has 6 rings (SSSR count). The van der Waals surface area contributed by atoms with Crippen molar-refractivity contribution in [2.24, 2.45) is 19.8 Å². The lowest BCUT2D eigenvalue weighted by Gasteiger charge is -2.21. The number of carbonyl (C=O) groups excluding carboxylic acids is 1. The van der Waals surface area contributed by atoms with Gasteiger partial charge in [0, 0.05) is 37.6 Å². The zero-order valence-corrected chi connectivity index (χ0v) is 22.0. The topological polar surface area (TPSA) is 127 Å². The maximum absolute atomic E-state index is 13.4. The van der Waals surface area contributed by atoms with Crippen molar-refractivity contribution in [2.45, 2.75) is 19.3 Å². The van der Waals surface area contributed by atoms with E-state index in [-0.39, 0.29) is 5.69 Å². The van der Waals surface area contributed by atoms with Crippen LogP contribution in [0.3, 0.4) is 0 Å². The van der Waals surface area contributed by atoms with Crippen LogP contribution in [0.1, 0.15) is 19.4 Å². The monoisotopic (exact) mass is 518 g/mol. The van der Waals surface area contributed by atoms with Gasteiger partial charge in [0.2, 0.25) is 5.91 Å². The largest absolute Gasteiger partial charge is 0.369 e. The van der Waals surface area contributed by atoms with Gasteiger partial charge in [-0.2, -0.15) is 5.10 Å². The molecule has 1 aromatic carbocycles. The minimum Gasteiger partial charge on any atom is -0.369 e. The number of aryl methyl sites for hydroxylation is 2. The number of nitrogens with zero attached hydrogens (tertiary/aromatic N) is 7. The summed E-state index contributed by atoms with van der Waals surface area (Å²) in [4.78, 5) is 39.5. The van der Waals surface area contributed by atoms with Gasteiger partial charge in [0.05, 0.1) is 45.9 Å². The zero-order valence-electron chi connectivity index (χ0n) is 22.0. The third-order valence-corrected chi connectivity index (χ3v) is 7.25. The van der Waals surface area contributed by atoms with Gasteiger partial charge in [-0.15, -0.1) is 0 Å². The maximum Gasteiger partial charge on any atom is 0.333 e. The molecular weight excluding hydrogens is 492 g/mol. The highest BCUT2D eigenvalue weighted by Crippen LogP contribution is 2.29. The van der Waals surface area contributed by atoms with E-state index in [0.29, 0.717) is 33.4 Å². The lowest BCUT2D eigenvalue weighted by molar-refractivity contribution is -0.122. The molecule has 2 N–H and O–H groups in total. The summed E-state index contributed by atoms with van der Waals surface area (Å²) in [5.41, 5.74) is 11.8. The van der Waals surface area contributed by atoms with Crippen LogP contribution in [0.15, 0.2) is 78.1 Å². The van der Waals surface area contributed by atoms with Crippen molar-refractivity contribution in [3.8, 4) is 28.2 Å². The van der Waals surface area contributed by atoms with E-state index in [1.165, 1.54) is 0 Å². The molecule has 10 heteroatoms. The Kier molecular flexibility index (Phi) is 5.42. The molecule has 0 saturated heterocycles. The fourth-order valence-electron chi connectivity index (χ4n) is 4.70. The van der Waals surface area contributed by atoms with Crippen LogP contribution in [0.5, 0.6) is 0 Å². The Morgan fingerprint density at radius 1 is 0.872 bits per heavy atom. The van der Waals surface area contributed by atoms with Crippen LogP contribution in [-0.2, 0) is 24.3 Å². The smallest absolute Gasteiger partial charge is 0.333 e. The molecule has 10 nitrogen and oxygen atoms in total. The molecular formula is C29H26N8O2. The Bertz CT molecular complexity index is 1940. The number of hydrogen-bond donors (Lipinski definition) is 1. The van der Waals surface area contributed by atoms with Gasteiger partial charge in [0.15, 0.2) is 0 Å². The molecule has 0 bridgehead atoms. The molecule has 0 fully saturated rings. The summed E-state index contributed by atoms with van der Waals surface area (Å²) in [6.45, 7) is 3.55. The summed E-state index contributed by atoms with van der Waals surface area (Å²) in [6, 6.07) is 15.0. The SMILES string of the molecule is Cn1cc(-c2ccc(-c3ccc4ncc5c(c4n3)n(-c3ccc(C(C)(C)C(N)=O)cc3)c(=O)n5C)cn2)cn1. The molecule has 6 aromatic rings. The number of imidazole rings is 1. The van der Waals surface area contributed by atoms with E-state index < -0.39 is 11.3 Å². The number of fused-ring (bicyclic) bond motifs is 3. The molecule has 0 aliphatic carbocycles.